The van der Waals surface area contributed by atoms with Crippen molar-refractivity contribution in [2.75, 3.05) is 12.4 Å². The summed E-state index contributed by atoms with van der Waals surface area (Å²) < 4.78 is 7.00. The third-order valence-electron chi connectivity index (χ3n) is 5.15. The quantitative estimate of drug-likeness (QED) is 0.466. The third kappa shape index (κ3) is 4.67. The van der Waals surface area contributed by atoms with Gasteiger partial charge in [-0.15, -0.1) is 0 Å². The molecule has 4 rings (SSSR count). The minimum atomic E-state index is -0.101. The van der Waals surface area contributed by atoms with Crippen LogP contribution in [0, 0.1) is 13.8 Å². The van der Waals surface area contributed by atoms with Crippen LogP contribution in [0.2, 0.25) is 0 Å². The van der Waals surface area contributed by atoms with Gasteiger partial charge in [0.05, 0.1) is 24.9 Å². The first-order chi connectivity index (χ1) is 15.0. The Morgan fingerprint density at radius 2 is 1.71 bits per heavy atom. The number of hydrogen-bond acceptors (Lipinski definition) is 3. The van der Waals surface area contributed by atoms with Crippen LogP contribution < -0.4 is 10.1 Å². The summed E-state index contributed by atoms with van der Waals surface area (Å²) >= 11 is 0. The number of carbonyl (C=O) groups excluding carboxylic acids is 1. The van der Waals surface area contributed by atoms with Crippen molar-refractivity contribution in [3.05, 3.63) is 95.6 Å². The van der Waals surface area contributed by atoms with Gasteiger partial charge >= 0.3 is 0 Å². The summed E-state index contributed by atoms with van der Waals surface area (Å²) in [5, 5.41) is 7.86. The molecule has 0 atom stereocenters. The van der Waals surface area contributed by atoms with Gasteiger partial charge in [-0.25, -0.2) is 4.68 Å². The van der Waals surface area contributed by atoms with Crippen LogP contribution in [-0.4, -0.2) is 22.8 Å². The molecule has 0 unspecified atom stereocenters. The summed E-state index contributed by atoms with van der Waals surface area (Å²) in [5.41, 5.74) is 5.93. The highest BCUT2D eigenvalue weighted by molar-refractivity contribution is 5.92. The molecule has 156 valence electrons. The van der Waals surface area contributed by atoms with Gasteiger partial charge in [0, 0.05) is 11.6 Å². The Morgan fingerprint density at radius 1 is 0.968 bits per heavy atom. The van der Waals surface area contributed by atoms with Crippen LogP contribution in [0.4, 0.5) is 5.82 Å². The molecule has 0 bridgehead atoms. The predicted octanol–water partition coefficient (Wildman–Crippen LogP) is 5.35. The number of carbonyl (C=O) groups is 1. The number of ether oxygens (including phenoxy) is 1. The van der Waals surface area contributed by atoms with Crippen LogP contribution in [0.5, 0.6) is 5.75 Å². The van der Waals surface area contributed by atoms with Gasteiger partial charge in [-0.2, -0.15) is 5.10 Å². The zero-order valence-electron chi connectivity index (χ0n) is 17.9. The Kier molecular flexibility index (Phi) is 5.85. The normalized spacial score (nSPS) is 10.7. The zero-order chi connectivity index (χ0) is 21.8. The molecule has 5 heteroatoms. The van der Waals surface area contributed by atoms with Gasteiger partial charge in [-0.05, 0) is 43.2 Å². The summed E-state index contributed by atoms with van der Waals surface area (Å²) in [4.78, 5) is 12.8. The van der Waals surface area contributed by atoms with E-state index < -0.39 is 0 Å². The maximum atomic E-state index is 12.8. The van der Waals surface area contributed by atoms with Crippen molar-refractivity contribution in [2.45, 2.75) is 20.3 Å². The fraction of sp³-hybridized carbons (Fsp3) is 0.154. The van der Waals surface area contributed by atoms with Gasteiger partial charge in [0.15, 0.2) is 0 Å². The topological polar surface area (TPSA) is 56.1 Å². The molecule has 1 aromatic heterocycles. The van der Waals surface area contributed by atoms with E-state index in [1.54, 1.807) is 7.11 Å². The van der Waals surface area contributed by atoms with Crippen molar-refractivity contribution in [2.24, 2.45) is 0 Å². The van der Waals surface area contributed by atoms with Crippen molar-refractivity contribution >= 4 is 11.7 Å². The molecule has 0 spiro atoms. The molecule has 0 aliphatic carbocycles. The van der Waals surface area contributed by atoms with E-state index in [1.165, 1.54) is 5.56 Å². The number of methoxy groups -OCH3 is 1. The summed E-state index contributed by atoms with van der Waals surface area (Å²) in [6.45, 7) is 4.11. The molecule has 0 radical (unpaired) electrons. The first kappa shape index (κ1) is 20.4. The van der Waals surface area contributed by atoms with E-state index in [4.69, 9.17) is 9.84 Å². The highest BCUT2D eigenvalue weighted by Crippen LogP contribution is 2.27. The Bertz CT molecular complexity index is 1200. The lowest BCUT2D eigenvalue weighted by Crippen LogP contribution is -2.17. The van der Waals surface area contributed by atoms with Crippen molar-refractivity contribution in [3.63, 3.8) is 0 Å². The Morgan fingerprint density at radius 3 is 2.39 bits per heavy atom. The lowest BCUT2D eigenvalue weighted by Gasteiger charge is -2.12. The number of nitrogens with zero attached hydrogens (tertiary/aromatic N) is 2. The molecular weight excluding hydrogens is 386 g/mol. The lowest BCUT2D eigenvalue weighted by molar-refractivity contribution is -0.115. The molecule has 0 fully saturated rings. The Balaban J connectivity index is 1.66. The van der Waals surface area contributed by atoms with Crippen molar-refractivity contribution in [1.29, 1.82) is 0 Å². The highest BCUT2D eigenvalue weighted by atomic mass is 16.5. The SMILES string of the molecule is COc1ccc(CC(=O)Nc2cc(-c3ccccc3)nn2-c2ccc(C)cc2C)cc1. The lowest BCUT2D eigenvalue weighted by atomic mass is 10.1. The summed E-state index contributed by atoms with van der Waals surface area (Å²) in [5.74, 6) is 1.31. The number of aromatic nitrogens is 2. The van der Waals surface area contributed by atoms with Crippen molar-refractivity contribution < 1.29 is 9.53 Å². The average Bonchev–Trinajstić information content (AvgIpc) is 3.18. The molecule has 5 nitrogen and oxygen atoms in total. The zero-order valence-corrected chi connectivity index (χ0v) is 17.9. The number of amides is 1. The van der Waals surface area contributed by atoms with Gasteiger partial charge in [0.2, 0.25) is 5.91 Å². The first-order valence-corrected chi connectivity index (χ1v) is 10.2. The number of benzene rings is 3. The molecule has 1 N–H and O–H groups in total. The maximum absolute atomic E-state index is 12.8. The van der Waals surface area contributed by atoms with Crippen molar-refractivity contribution in [3.8, 4) is 22.7 Å². The molecule has 0 saturated heterocycles. The van der Waals surface area contributed by atoms with E-state index in [9.17, 15) is 4.79 Å². The molecule has 1 heterocycles. The van der Waals surface area contributed by atoms with E-state index in [0.29, 0.717) is 5.82 Å². The van der Waals surface area contributed by atoms with Crippen LogP contribution in [0.3, 0.4) is 0 Å². The number of rotatable bonds is 6. The molecule has 0 aliphatic heterocycles. The standard InChI is InChI=1S/C26H25N3O2/c1-18-9-14-24(19(2)15-18)29-25(17-23(28-29)21-7-5-4-6-8-21)27-26(30)16-20-10-12-22(31-3)13-11-20/h4-15,17H,16H2,1-3H3,(H,27,30). The molecule has 4 aromatic rings. The van der Waals surface area contributed by atoms with E-state index in [0.717, 1.165) is 33.8 Å². The number of anilines is 1. The third-order valence-corrected chi connectivity index (χ3v) is 5.15. The molecule has 3 aromatic carbocycles. The van der Waals surface area contributed by atoms with Crippen molar-refractivity contribution in [1.82, 2.24) is 9.78 Å². The van der Waals surface area contributed by atoms with Crippen LogP contribution in [0.15, 0.2) is 78.9 Å². The molecule has 0 saturated carbocycles. The molecule has 31 heavy (non-hydrogen) atoms. The van der Waals surface area contributed by atoms with Crippen LogP contribution >= 0.6 is 0 Å². The summed E-state index contributed by atoms with van der Waals surface area (Å²) in [6.07, 6.45) is 0.267. The minimum Gasteiger partial charge on any atom is -0.497 e. The number of hydrogen-bond donors (Lipinski definition) is 1. The Labute approximate surface area is 182 Å². The number of aryl methyl sites for hydroxylation is 2. The van der Waals surface area contributed by atoms with Crippen LogP contribution in [0.1, 0.15) is 16.7 Å². The van der Waals surface area contributed by atoms with Gasteiger partial charge in [0.1, 0.15) is 11.6 Å². The van der Waals surface area contributed by atoms with Crippen LogP contribution in [-0.2, 0) is 11.2 Å². The second-order valence-electron chi connectivity index (χ2n) is 7.56. The van der Waals surface area contributed by atoms with E-state index in [-0.39, 0.29) is 12.3 Å². The fourth-order valence-corrected chi connectivity index (χ4v) is 3.56. The Hall–Kier alpha value is -3.86. The average molecular weight is 412 g/mol. The predicted molar refractivity (Wildman–Crippen MR) is 124 cm³/mol. The second-order valence-corrected chi connectivity index (χ2v) is 7.56. The molecular formula is C26H25N3O2. The number of nitrogens with one attached hydrogen (secondary N) is 1. The van der Waals surface area contributed by atoms with Gasteiger partial charge in [0.25, 0.3) is 0 Å². The van der Waals surface area contributed by atoms with E-state index in [1.807, 2.05) is 71.4 Å². The van der Waals surface area contributed by atoms with Crippen LogP contribution in [0.25, 0.3) is 16.9 Å². The summed E-state index contributed by atoms with van der Waals surface area (Å²) in [7, 11) is 1.63. The van der Waals surface area contributed by atoms with Gasteiger partial charge in [-0.3, -0.25) is 4.79 Å². The van der Waals surface area contributed by atoms with E-state index in [2.05, 4.69) is 31.3 Å². The minimum absolute atomic E-state index is 0.101. The maximum Gasteiger partial charge on any atom is 0.229 e. The molecule has 0 aliphatic rings. The highest BCUT2D eigenvalue weighted by Gasteiger charge is 2.15. The van der Waals surface area contributed by atoms with E-state index >= 15 is 0 Å². The monoisotopic (exact) mass is 411 g/mol. The largest absolute Gasteiger partial charge is 0.497 e. The first-order valence-electron chi connectivity index (χ1n) is 10.2. The van der Waals surface area contributed by atoms with Gasteiger partial charge in [-0.1, -0.05) is 60.2 Å². The second kappa shape index (κ2) is 8.88. The summed E-state index contributed by atoms with van der Waals surface area (Å²) in [6, 6.07) is 25.6. The van der Waals surface area contributed by atoms with Gasteiger partial charge < -0.3 is 10.1 Å². The fourth-order valence-electron chi connectivity index (χ4n) is 3.56. The molecule has 1 amide bonds. The smallest absolute Gasteiger partial charge is 0.229 e.